The summed E-state index contributed by atoms with van der Waals surface area (Å²) < 4.78 is 1.85. The molecular formula is C19H32N4O2. The minimum atomic E-state index is -0.164. The largest absolute Gasteiger partial charge is 0.391 e. The molecule has 2 aliphatic rings. The Bertz CT molecular complexity index is 578. The molecule has 1 aromatic rings. The van der Waals surface area contributed by atoms with Gasteiger partial charge in [0.15, 0.2) is 0 Å². The Morgan fingerprint density at radius 1 is 1.28 bits per heavy atom. The highest BCUT2D eigenvalue weighted by Crippen LogP contribution is 2.25. The highest BCUT2D eigenvalue weighted by atomic mass is 16.3. The zero-order valence-corrected chi connectivity index (χ0v) is 15.6. The molecule has 2 fully saturated rings. The highest BCUT2D eigenvalue weighted by molar-refractivity contribution is 5.76. The van der Waals surface area contributed by atoms with E-state index < -0.39 is 0 Å². The SMILES string of the molecule is Cc1c(CCC(=O)NC2CCN(C3CCCCC3O)CC2)cnn1C. The van der Waals surface area contributed by atoms with Crippen molar-refractivity contribution in [2.75, 3.05) is 13.1 Å². The Balaban J connectivity index is 1.39. The Hall–Kier alpha value is -1.40. The van der Waals surface area contributed by atoms with Gasteiger partial charge in [-0.2, -0.15) is 5.10 Å². The topological polar surface area (TPSA) is 70.4 Å². The molecule has 2 atom stereocenters. The van der Waals surface area contributed by atoms with Crippen LogP contribution in [0.4, 0.5) is 0 Å². The fourth-order valence-corrected chi connectivity index (χ4v) is 4.23. The van der Waals surface area contributed by atoms with Gasteiger partial charge < -0.3 is 10.4 Å². The molecule has 0 bridgehead atoms. The number of aliphatic hydroxyl groups is 1. The molecule has 140 valence electrons. The molecule has 1 aliphatic heterocycles. The van der Waals surface area contributed by atoms with Gasteiger partial charge in [0.25, 0.3) is 0 Å². The predicted molar refractivity (Wildman–Crippen MR) is 97.3 cm³/mol. The molecule has 0 radical (unpaired) electrons. The Morgan fingerprint density at radius 2 is 2.00 bits per heavy atom. The number of nitrogens with one attached hydrogen (secondary N) is 1. The summed E-state index contributed by atoms with van der Waals surface area (Å²) in [7, 11) is 1.93. The third-order valence-corrected chi connectivity index (χ3v) is 6.02. The van der Waals surface area contributed by atoms with E-state index in [0.29, 0.717) is 12.5 Å². The number of hydrogen-bond donors (Lipinski definition) is 2. The van der Waals surface area contributed by atoms with Crippen molar-refractivity contribution in [3.05, 3.63) is 17.5 Å². The lowest BCUT2D eigenvalue weighted by Gasteiger charge is -2.41. The molecule has 1 amide bonds. The van der Waals surface area contributed by atoms with Crippen LogP contribution in [0.15, 0.2) is 6.20 Å². The number of aromatic nitrogens is 2. The number of aliphatic hydroxyl groups excluding tert-OH is 1. The second-order valence-corrected chi connectivity index (χ2v) is 7.68. The monoisotopic (exact) mass is 348 g/mol. The smallest absolute Gasteiger partial charge is 0.220 e. The molecule has 1 saturated heterocycles. The van der Waals surface area contributed by atoms with Gasteiger partial charge in [0.2, 0.25) is 5.91 Å². The third-order valence-electron chi connectivity index (χ3n) is 6.02. The van der Waals surface area contributed by atoms with Crippen LogP contribution in [0.5, 0.6) is 0 Å². The van der Waals surface area contributed by atoms with E-state index in [2.05, 4.69) is 15.3 Å². The fraction of sp³-hybridized carbons (Fsp3) is 0.789. The fourth-order valence-electron chi connectivity index (χ4n) is 4.23. The first-order chi connectivity index (χ1) is 12.0. The summed E-state index contributed by atoms with van der Waals surface area (Å²) in [6.45, 7) is 4.00. The quantitative estimate of drug-likeness (QED) is 0.847. The van der Waals surface area contributed by atoms with Gasteiger partial charge in [-0.1, -0.05) is 12.8 Å². The number of rotatable bonds is 5. The molecule has 6 nitrogen and oxygen atoms in total. The third kappa shape index (κ3) is 4.61. The van der Waals surface area contributed by atoms with E-state index in [4.69, 9.17) is 0 Å². The molecule has 2 heterocycles. The standard InChI is InChI=1S/C19H32N4O2/c1-14-15(13-20-22(14)2)7-8-19(25)21-16-9-11-23(12-10-16)17-5-3-4-6-18(17)24/h13,16-18,24H,3-12H2,1-2H3,(H,21,25). The Kier molecular flexibility index (Phi) is 6.12. The van der Waals surface area contributed by atoms with Crippen LogP contribution in [-0.4, -0.2) is 57.0 Å². The molecule has 2 unspecified atom stereocenters. The summed E-state index contributed by atoms with van der Waals surface area (Å²) in [6.07, 6.45) is 9.37. The summed E-state index contributed by atoms with van der Waals surface area (Å²) >= 11 is 0. The number of amides is 1. The molecule has 0 aromatic carbocycles. The zero-order chi connectivity index (χ0) is 17.8. The van der Waals surface area contributed by atoms with Gasteiger partial charge in [0, 0.05) is 44.3 Å². The predicted octanol–water partition coefficient (Wildman–Crippen LogP) is 1.55. The molecule has 6 heteroatoms. The summed E-state index contributed by atoms with van der Waals surface area (Å²) in [4.78, 5) is 14.7. The maximum atomic E-state index is 12.2. The highest BCUT2D eigenvalue weighted by Gasteiger charge is 2.31. The maximum absolute atomic E-state index is 12.2. The van der Waals surface area contributed by atoms with Gasteiger partial charge in [-0.25, -0.2) is 0 Å². The lowest BCUT2D eigenvalue weighted by Crippen LogP contribution is -2.52. The first-order valence-electron chi connectivity index (χ1n) is 9.73. The maximum Gasteiger partial charge on any atom is 0.220 e. The van der Waals surface area contributed by atoms with Crippen LogP contribution in [0, 0.1) is 6.92 Å². The molecule has 0 spiro atoms. The van der Waals surface area contributed by atoms with Gasteiger partial charge in [-0.3, -0.25) is 14.4 Å². The van der Waals surface area contributed by atoms with Gasteiger partial charge in [-0.05, 0) is 44.6 Å². The lowest BCUT2D eigenvalue weighted by atomic mass is 9.89. The number of piperidine rings is 1. The Labute approximate surface area is 150 Å². The van der Waals surface area contributed by atoms with Crippen LogP contribution < -0.4 is 5.32 Å². The summed E-state index contributed by atoms with van der Waals surface area (Å²) in [5.74, 6) is 0.138. The van der Waals surface area contributed by atoms with Gasteiger partial charge in [-0.15, -0.1) is 0 Å². The van der Waals surface area contributed by atoms with E-state index in [-0.39, 0.29) is 18.1 Å². The van der Waals surface area contributed by atoms with E-state index in [9.17, 15) is 9.90 Å². The van der Waals surface area contributed by atoms with Crippen molar-refractivity contribution in [3.63, 3.8) is 0 Å². The molecular weight excluding hydrogens is 316 g/mol. The molecule has 1 aromatic heterocycles. The minimum absolute atomic E-state index is 0.138. The van der Waals surface area contributed by atoms with Crippen LogP contribution in [0.1, 0.15) is 56.2 Å². The van der Waals surface area contributed by atoms with Crippen LogP contribution in [0.25, 0.3) is 0 Å². The van der Waals surface area contributed by atoms with Gasteiger partial charge in [0.05, 0.1) is 12.3 Å². The van der Waals surface area contributed by atoms with E-state index in [1.165, 1.54) is 6.42 Å². The number of likely N-dealkylation sites (tertiary alicyclic amines) is 1. The molecule has 3 rings (SSSR count). The van der Waals surface area contributed by atoms with Crippen LogP contribution in [0.3, 0.4) is 0 Å². The van der Waals surface area contributed by atoms with E-state index in [0.717, 1.165) is 62.9 Å². The van der Waals surface area contributed by atoms with E-state index in [1.54, 1.807) is 0 Å². The van der Waals surface area contributed by atoms with Crippen molar-refractivity contribution >= 4 is 5.91 Å². The van der Waals surface area contributed by atoms with E-state index in [1.807, 2.05) is 24.9 Å². The van der Waals surface area contributed by atoms with Crippen molar-refractivity contribution in [3.8, 4) is 0 Å². The molecule has 25 heavy (non-hydrogen) atoms. The van der Waals surface area contributed by atoms with Crippen molar-refractivity contribution in [2.24, 2.45) is 7.05 Å². The van der Waals surface area contributed by atoms with Crippen molar-refractivity contribution in [1.82, 2.24) is 20.0 Å². The number of carbonyl (C=O) groups is 1. The molecule has 1 aliphatic carbocycles. The van der Waals surface area contributed by atoms with Crippen LogP contribution >= 0.6 is 0 Å². The average molecular weight is 348 g/mol. The minimum Gasteiger partial charge on any atom is -0.391 e. The lowest BCUT2D eigenvalue weighted by molar-refractivity contribution is -0.122. The Morgan fingerprint density at radius 3 is 2.64 bits per heavy atom. The van der Waals surface area contributed by atoms with Crippen LogP contribution in [-0.2, 0) is 18.3 Å². The summed E-state index contributed by atoms with van der Waals surface area (Å²) in [5.41, 5.74) is 2.28. The second kappa shape index (κ2) is 8.32. The number of hydrogen-bond acceptors (Lipinski definition) is 4. The number of nitrogens with zero attached hydrogens (tertiary/aromatic N) is 3. The summed E-state index contributed by atoms with van der Waals surface area (Å²) in [6, 6.07) is 0.610. The van der Waals surface area contributed by atoms with Crippen LogP contribution in [0.2, 0.25) is 0 Å². The van der Waals surface area contributed by atoms with Crippen molar-refractivity contribution in [2.45, 2.75) is 76.5 Å². The first kappa shape index (κ1) is 18.4. The van der Waals surface area contributed by atoms with E-state index >= 15 is 0 Å². The van der Waals surface area contributed by atoms with Gasteiger partial charge in [0.1, 0.15) is 0 Å². The number of carbonyl (C=O) groups excluding carboxylic acids is 1. The molecule has 1 saturated carbocycles. The molecule has 2 N–H and O–H groups in total. The van der Waals surface area contributed by atoms with Gasteiger partial charge >= 0.3 is 0 Å². The normalized spacial score (nSPS) is 25.9. The average Bonchev–Trinajstić information content (AvgIpc) is 2.93. The number of aryl methyl sites for hydroxylation is 2. The first-order valence-corrected chi connectivity index (χ1v) is 9.73. The zero-order valence-electron chi connectivity index (χ0n) is 15.6. The second-order valence-electron chi connectivity index (χ2n) is 7.68. The van der Waals surface area contributed by atoms with Crippen molar-refractivity contribution in [1.29, 1.82) is 0 Å². The summed E-state index contributed by atoms with van der Waals surface area (Å²) in [5, 5.41) is 17.6. The van der Waals surface area contributed by atoms with Crippen molar-refractivity contribution < 1.29 is 9.90 Å².